The van der Waals surface area contributed by atoms with Gasteiger partial charge in [0.05, 0.1) is 44.4 Å². The quantitative estimate of drug-likeness (QED) is 0.0574. The van der Waals surface area contributed by atoms with Gasteiger partial charge in [0.25, 0.3) is 0 Å². The molecule has 0 unspecified atom stereocenters. The number of nitrogens with one attached hydrogen (secondary N) is 3. The molecule has 352 valence electrons. The van der Waals surface area contributed by atoms with E-state index in [-0.39, 0.29) is 31.5 Å². The van der Waals surface area contributed by atoms with Crippen molar-refractivity contribution < 1.29 is 28.7 Å². The number of carbonyl (C=O) groups is 4. The number of H-pyrrole nitrogens is 1. The van der Waals surface area contributed by atoms with Crippen LogP contribution < -0.4 is 15.5 Å². The molecule has 0 aliphatic carbocycles. The SMILES string of the molecule is CC(=O)O[C@@H]1C[C@@H](C(=O)N[C@@H](C)c2ccc(-c3scnc3C)cc2)N(C(=O)[C@@H](NC(=O)COCCCCCN(c2ccc(Cl)c(Cl)c2)c2cc(-c3c(C)n[nH]c3C)ccc2C)C(C)(C)C)C1. The lowest BCUT2D eigenvalue weighted by Crippen LogP contribution is -2.58. The fraction of sp³-hybridized carbons (Fsp3) is 0.440. The molecule has 3 aromatic carbocycles. The number of aromatic amines is 1. The molecule has 16 heteroatoms. The first kappa shape index (κ1) is 50.1. The third-order valence-electron chi connectivity index (χ3n) is 11.9. The number of thiazole rings is 1. The standard InChI is InChI=1S/C50H61Cl2N7O6S/c1-29-13-14-37(45-31(3)56-57-32(45)4)23-42(29)58(38-19-20-40(51)41(52)24-38)21-11-10-12-22-64-27-44(61)55-47(50(7,8)9)49(63)59-26-39(65-34(6)60)25-43(59)48(62)54-30(2)35-15-17-36(18-16-35)46-33(5)53-28-66-46/h13-20,23-24,28,30,39,43,47H,10-12,21-22,25-27H2,1-9H3,(H,54,62)(H,55,61)(H,56,57)/t30-,39+,43-,47+/m0/s1. The number of esters is 1. The number of amides is 3. The van der Waals surface area contributed by atoms with Gasteiger partial charge in [0.15, 0.2) is 0 Å². The largest absolute Gasteiger partial charge is 0.461 e. The maximum Gasteiger partial charge on any atom is 0.302 e. The molecule has 1 aliphatic heterocycles. The predicted molar refractivity (Wildman–Crippen MR) is 262 cm³/mol. The number of halogens is 2. The molecule has 13 nitrogen and oxygen atoms in total. The van der Waals surface area contributed by atoms with Gasteiger partial charge >= 0.3 is 5.97 Å². The van der Waals surface area contributed by atoms with Crippen LogP contribution in [0.25, 0.3) is 21.6 Å². The molecule has 1 aliphatic rings. The van der Waals surface area contributed by atoms with Gasteiger partial charge in [0.2, 0.25) is 17.7 Å². The molecule has 3 heterocycles. The molecule has 0 bridgehead atoms. The van der Waals surface area contributed by atoms with Gasteiger partial charge in [0, 0.05) is 49.1 Å². The number of ether oxygens (including phenoxy) is 2. The second kappa shape index (κ2) is 22.0. The van der Waals surface area contributed by atoms with E-state index in [4.69, 9.17) is 32.7 Å². The van der Waals surface area contributed by atoms with Crippen LogP contribution in [0.3, 0.4) is 0 Å². The fourth-order valence-corrected chi connectivity index (χ4v) is 9.52. The van der Waals surface area contributed by atoms with Gasteiger partial charge in [-0.25, -0.2) is 4.98 Å². The monoisotopic (exact) mass is 957 g/mol. The molecular formula is C50H61Cl2N7O6S. The Labute approximate surface area is 401 Å². The van der Waals surface area contributed by atoms with E-state index in [1.807, 2.05) is 90.4 Å². The van der Waals surface area contributed by atoms with Gasteiger partial charge in [-0.1, -0.05) is 80.4 Å². The molecule has 1 saturated heterocycles. The first-order valence-corrected chi connectivity index (χ1v) is 24.0. The van der Waals surface area contributed by atoms with E-state index in [0.29, 0.717) is 29.6 Å². The van der Waals surface area contributed by atoms with Crippen molar-refractivity contribution in [2.24, 2.45) is 5.41 Å². The molecule has 6 rings (SSSR count). The maximum absolute atomic E-state index is 14.4. The Morgan fingerprint density at radius 1 is 0.924 bits per heavy atom. The van der Waals surface area contributed by atoms with Crippen LogP contribution in [0.15, 0.2) is 66.2 Å². The molecule has 1 fully saturated rings. The fourth-order valence-electron chi connectivity index (χ4n) is 8.41. The summed E-state index contributed by atoms with van der Waals surface area (Å²) in [7, 11) is 0. The van der Waals surface area contributed by atoms with Crippen molar-refractivity contribution in [1.82, 2.24) is 30.7 Å². The molecule has 3 N–H and O–H groups in total. The summed E-state index contributed by atoms with van der Waals surface area (Å²) in [5, 5.41) is 14.4. The third-order valence-corrected chi connectivity index (χ3v) is 13.6. The van der Waals surface area contributed by atoms with Crippen molar-refractivity contribution in [2.45, 2.75) is 112 Å². The Hall–Kier alpha value is -5.28. The second-order valence-electron chi connectivity index (χ2n) is 18.1. The molecule has 4 atom stereocenters. The number of aryl methyl sites for hydroxylation is 4. The zero-order valence-electron chi connectivity index (χ0n) is 39.2. The number of hydrogen-bond acceptors (Lipinski definition) is 10. The third kappa shape index (κ3) is 12.4. The lowest BCUT2D eigenvalue weighted by Gasteiger charge is -2.35. The summed E-state index contributed by atoms with van der Waals surface area (Å²) in [6.45, 7) is 17.6. The normalized spacial score (nSPS) is 15.9. The number of likely N-dealkylation sites (tertiary alicyclic amines) is 1. The van der Waals surface area contributed by atoms with Crippen LogP contribution in [0.1, 0.15) is 94.6 Å². The molecule has 0 saturated carbocycles. The first-order valence-electron chi connectivity index (χ1n) is 22.3. The van der Waals surface area contributed by atoms with E-state index in [0.717, 1.165) is 74.0 Å². The summed E-state index contributed by atoms with van der Waals surface area (Å²) < 4.78 is 11.4. The minimum Gasteiger partial charge on any atom is -0.461 e. The van der Waals surface area contributed by atoms with Gasteiger partial charge in [-0.2, -0.15) is 5.10 Å². The molecule has 0 spiro atoms. The summed E-state index contributed by atoms with van der Waals surface area (Å²) in [5.74, 6) is -1.77. The molecule has 5 aromatic rings. The lowest BCUT2D eigenvalue weighted by atomic mass is 9.85. The smallest absolute Gasteiger partial charge is 0.302 e. The molecule has 2 aromatic heterocycles. The van der Waals surface area contributed by atoms with E-state index in [1.54, 1.807) is 17.4 Å². The Morgan fingerprint density at radius 3 is 2.29 bits per heavy atom. The zero-order chi connectivity index (χ0) is 47.9. The number of aromatic nitrogens is 3. The van der Waals surface area contributed by atoms with E-state index >= 15 is 0 Å². The minimum atomic E-state index is -0.990. The van der Waals surface area contributed by atoms with Crippen LogP contribution in [0.2, 0.25) is 10.0 Å². The summed E-state index contributed by atoms with van der Waals surface area (Å²) in [5.41, 5.74) is 11.1. The van der Waals surface area contributed by atoms with Gasteiger partial charge < -0.3 is 29.9 Å². The van der Waals surface area contributed by atoms with Crippen LogP contribution in [0.5, 0.6) is 0 Å². The molecular weight excluding hydrogens is 898 g/mol. The number of nitrogens with zero attached hydrogens (tertiary/aromatic N) is 4. The summed E-state index contributed by atoms with van der Waals surface area (Å²) >= 11 is 14.4. The highest BCUT2D eigenvalue weighted by Gasteiger charge is 2.46. The Balaban J connectivity index is 1.04. The molecule has 66 heavy (non-hydrogen) atoms. The summed E-state index contributed by atoms with van der Waals surface area (Å²) in [4.78, 5) is 62.9. The van der Waals surface area contributed by atoms with Crippen molar-refractivity contribution in [2.75, 3.05) is 31.2 Å². The van der Waals surface area contributed by atoms with E-state index < -0.39 is 41.4 Å². The Kier molecular flexibility index (Phi) is 16.7. The molecule has 0 radical (unpaired) electrons. The second-order valence-corrected chi connectivity index (χ2v) is 19.8. The van der Waals surface area contributed by atoms with Crippen LogP contribution in [-0.4, -0.2) is 88.3 Å². The first-order chi connectivity index (χ1) is 31.3. The number of hydrogen-bond donors (Lipinski definition) is 3. The van der Waals surface area contributed by atoms with E-state index in [9.17, 15) is 19.2 Å². The lowest BCUT2D eigenvalue weighted by molar-refractivity contribution is -0.147. The number of benzene rings is 3. The van der Waals surface area contributed by atoms with Crippen molar-refractivity contribution in [1.29, 1.82) is 0 Å². The highest BCUT2D eigenvalue weighted by atomic mass is 35.5. The van der Waals surface area contributed by atoms with Crippen LogP contribution in [0.4, 0.5) is 11.4 Å². The Morgan fingerprint density at radius 2 is 1.65 bits per heavy atom. The van der Waals surface area contributed by atoms with Crippen LogP contribution in [-0.2, 0) is 28.7 Å². The highest BCUT2D eigenvalue weighted by molar-refractivity contribution is 7.13. The Bertz CT molecular complexity index is 2500. The van der Waals surface area contributed by atoms with E-state index in [2.05, 4.69) is 55.8 Å². The average Bonchev–Trinajstić information content (AvgIpc) is 3.99. The van der Waals surface area contributed by atoms with Gasteiger partial charge in [-0.15, -0.1) is 11.3 Å². The number of anilines is 2. The highest BCUT2D eigenvalue weighted by Crippen LogP contribution is 2.37. The summed E-state index contributed by atoms with van der Waals surface area (Å²) in [6.07, 6.45) is 1.79. The van der Waals surface area contributed by atoms with Crippen molar-refractivity contribution in [3.05, 3.63) is 104 Å². The number of unbranched alkanes of at least 4 members (excludes halogenated alkanes) is 2. The topological polar surface area (TPSA) is 159 Å². The van der Waals surface area contributed by atoms with Crippen molar-refractivity contribution in [3.8, 4) is 21.6 Å². The zero-order valence-corrected chi connectivity index (χ0v) is 41.5. The maximum atomic E-state index is 14.4. The van der Waals surface area contributed by atoms with Crippen molar-refractivity contribution in [3.63, 3.8) is 0 Å². The van der Waals surface area contributed by atoms with Crippen LogP contribution >= 0.6 is 34.5 Å². The molecule has 3 amide bonds. The van der Waals surface area contributed by atoms with Gasteiger partial charge in [-0.05, 0) is 106 Å². The number of rotatable bonds is 18. The summed E-state index contributed by atoms with van der Waals surface area (Å²) in [6, 6.07) is 17.7. The minimum absolute atomic E-state index is 0.0178. The van der Waals surface area contributed by atoms with Crippen LogP contribution in [0, 0.1) is 33.1 Å². The van der Waals surface area contributed by atoms with Crippen molar-refractivity contribution >= 4 is 69.6 Å². The number of carbonyl (C=O) groups excluding carboxylic acids is 4. The van der Waals surface area contributed by atoms with Gasteiger partial charge in [-0.3, -0.25) is 24.3 Å². The van der Waals surface area contributed by atoms with Gasteiger partial charge in [0.1, 0.15) is 24.8 Å². The predicted octanol–water partition coefficient (Wildman–Crippen LogP) is 10.0. The van der Waals surface area contributed by atoms with E-state index in [1.165, 1.54) is 11.8 Å². The average molecular weight is 959 g/mol.